The van der Waals surface area contributed by atoms with Gasteiger partial charge >= 0.3 is 0 Å². The largest absolute Gasteiger partial charge is 0.457 e. The van der Waals surface area contributed by atoms with Gasteiger partial charge in [-0.2, -0.15) is 5.10 Å². The Hall–Kier alpha value is -3.74. The van der Waals surface area contributed by atoms with E-state index < -0.39 is 0 Å². The van der Waals surface area contributed by atoms with Gasteiger partial charge in [0.15, 0.2) is 0 Å². The highest BCUT2D eigenvalue weighted by Gasteiger charge is 2.23. The Kier molecular flexibility index (Phi) is 4.63. The molecule has 0 aliphatic heterocycles. The second kappa shape index (κ2) is 7.59. The van der Waals surface area contributed by atoms with Gasteiger partial charge in [0, 0.05) is 5.56 Å². The minimum Gasteiger partial charge on any atom is -0.457 e. The summed E-state index contributed by atoms with van der Waals surface area (Å²) in [5, 5.41) is 5.22. The number of fused-ring (bicyclic) bond motifs is 1. The smallest absolute Gasteiger partial charge is 0.293 e. The number of nitrogens with two attached hydrogens (primary N) is 1. The first-order chi connectivity index (χ1) is 14.7. The topological polar surface area (TPSA) is 95.9 Å². The maximum absolute atomic E-state index is 13.0. The normalized spacial score (nSPS) is 14.3. The van der Waals surface area contributed by atoms with Crippen LogP contribution in [0.3, 0.4) is 0 Å². The van der Waals surface area contributed by atoms with Crippen LogP contribution in [0.2, 0.25) is 0 Å². The molecule has 0 bridgehead atoms. The van der Waals surface area contributed by atoms with Crippen LogP contribution in [0.1, 0.15) is 31.7 Å². The van der Waals surface area contributed by atoms with E-state index in [0.717, 1.165) is 37.0 Å². The summed E-state index contributed by atoms with van der Waals surface area (Å²) in [5.41, 5.74) is 7.67. The molecule has 0 saturated heterocycles. The van der Waals surface area contributed by atoms with Crippen LogP contribution in [-0.2, 0) is 0 Å². The highest BCUT2D eigenvalue weighted by molar-refractivity contribution is 5.98. The maximum atomic E-state index is 13.0. The number of nitrogen functional groups attached to an aromatic ring is 1. The van der Waals surface area contributed by atoms with Crippen LogP contribution in [0.5, 0.6) is 11.5 Å². The monoisotopic (exact) mass is 399 g/mol. The van der Waals surface area contributed by atoms with Crippen LogP contribution >= 0.6 is 0 Å². The van der Waals surface area contributed by atoms with Crippen LogP contribution in [0, 0.1) is 0 Å². The minimum atomic E-state index is -0.209. The van der Waals surface area contributed by atoms with Crippen molar-refractivity contribution < 1.29 is 4.74 Å². The van der Waals surface area contributed by atoms with Crippen molar-refractivity contribution in [3.8, 4) is 22.8 Å². The first kappa shape index (κ1) is 18.3. The average Bonchev–Trinajstić information content (AvgIpc) is 3.31. The van der Waals surface area contributed by atoms with Crippen LogP contribution in [0.25, 0.3) is 22.2 Å². The summed E-state index contributed by atoms with van der Waals surface area (Å²) in [7, 11) is 0. The molecule has 2 aromatic carbocycles. The van der Waals surface area contributed by atoms with Gasteiger partial charge in [-0.25, -0.2) is 14.6 Å². The average molecular weight is 399 g/mol. The fraction of sp³-hybridized carbons (Fsp3) is 0.217. The van der Waals surface area contributed by atoms with Crippen molar-refractivity contribution in [1.29, 1.82) is 0 Å². The van der Waals surface area contributed by atoms with E-state index in [-0.39, 0.29) is 17.4 Å². The van der Waals surface area contributed by atoms with Crippen molar-refractivity contribution in [1.82, 2.24) is 19.7 Å². The fourth-order valence-electron chi connectivity index (χ4n) is 4.01. The van der Waals surface area contributed by atoms with E-state index in [1.165, 1.54) is 6.33 Å². The molecule has 1 aliphatic carbocycles. The van der Waals surface area contributed by atoms with Crippen molar-refractivity contribution >= 4 is 16.7 Å². The Balaban J connectivity index is 1.61. The minimum absolute atomic E-state index is 0.0949. The number of ether oxygens (including phenoxy) is 1. The molecule has 5 rings (SSSR count). The van der Waals surface area contributed by atoms with E-state index in [0.29, 0.717) is 22.3 Å². The van der Waals surface area contributed by atoms with Crippen molar-refractivity contribution in [3.63, 3.8) is 0 Å². The van der Waals surface area contributed by atoms with Gasteiger partial charge in [0.2, 0.25) is 0 Å². The summed E-state index contributed by atoms with van der Waals surface area (Å²) in [6.45, 7) is 0. The third-order valence-corrected chi connectivity index (χ3v) is 5.51. The zero-order valence-electron chi connectivity index (χ0n) is 16.4. The third-order valence-electron chi connectivity index (χ3n) is 5.51. The van der Waals surface area contributed by atoms with E-state index in [2.05, 4.69) is 9.97 Å². The molecule has 30 heavy (non-hydrogen) atoms. The molecule has 2 N–H and O–H groups in total. The van der Waals surface area contributed by atoms with E-state index in [1.807, 2.05) is 54.6 Å². The van der Waals surface area contributed by atoms with E-state index in [4.69, 9.17) is 15.6 Å². The number of anilines is 1. The maximum Gasteiger partial charge on any atom is 0.293 e. The number of hydrogen-bond donors (Lipinski definition) is 1. The van der Waals surface area contributed by atoms with Gasteiger partial charge in [-0.05, 0) is 49.2 Å². The van der Waals surface area contributed by atoms with Crippen LogP contribution in [0.15, 0.2) is 65.7 Å². The summed E-state index contributed by atoms with van der Waals surface area (Å²) in [5.74, 6) is 1.73. The van der Waals surface area contributed by atoms with Gasteiger partial charge < -0.3 is 10.5 Å². The molecule has 2 heterocycles. The molecular formula is C23H21N5O2. The van der Waals surface area contributed by atoms with Gasteiger partial charge in [0.25, 0.3) is 5.56 Å². The second-order valence-corrected chi connectivity index (χ2v) is 7.46. The number of benzene rings is 2. The molecule has 7 heteroatoms. The predicted molar refractivity (Wildman–Crippen MR) is 115 cm³/mol. The van der Waals surface area contributed by atoms with Crippen molar-refractivity contribution in [2.24, 2.45) is 0 Å². The van der Waals surface area contributed by atoms with Gasteiger partial charge in [-0.1, -0.05) is 31.0 Å². The molecular weight excluding hydrogens is 378 g/mol. The third kappa shape index (κ3) is 3.28. The molecule has 7 nitrogen and oxygen atoms in total. The molecule has 0 amide bonds. The molecule has 1 saturated carbocycles. The number of hydrogen-bond acceptors (Lipinski definition) is 6. The molecule has 0 unspecified atom stereocenters. The summed E-state index contributed by atoms with van der Waals surface area (Å²) in [6, 6.07) is 17.3. The first-order valence-electron chi connectivity index (χ1n) is 10.1. The van der Waals surface area contributed by atoms with Gasteiger partial charge in [-0.15, -0.1) is 0 Å². The van der Waals surface area contributed by atoms with Crippen LogP contribution in [0.4, 0.5) is 5.82 Å². The Morgan fingerprint density at radius 1 is 0.933 bits per heavy atom. The fourth-order valence-corrected chi connectivity index (χ4v) is 4.01. The SMILES string of the molecule is Nc1ncnc2c(=O)n(C3CCCC3)nc(-c3ccc(Oc4ccccc4)cc3)c12. The Morgan fingerprint density at radius 3 is 2.37 bits per heavy atom. The lowest BCUT2D eigenvalue weighted by Gasteiger charge is -2.16. The molecule has 0 radical (unpaired) electrons. The van der Waals surface area contributed by atoms with Gasteiger partial charge in [0.05, 0.1) is 11.4 Å². The summed E-state index contributed by atoms with van der Waals surface area (Å²) in [4.78, 5) is 21.4. The standard InChI is InChI=1S/C23H21N5O2/c24-22-19-20(15-10-12-18(13-11-15)30-17-8-2-1-3-9-17)27-28(16-6-4-5-7-16)23(29)21(19)25-14-26-22/h1-3,8-14,16H,4-7H2,(H2,24,25,26). The molecule has 2 aromatic heterocycles. The summed E-state index contributed by atoms with van der Waals surface area (Å²) in [6.07, 6.45) is 5.43. The lowest BCUT2D eigenvalue weighted by molar-refractivity contribution is 0.448. The molecule has 0 spiro atoms. The van der Waals surface area contributed by atoms with Crippen LogP contribution < -0.4 is 16.0 Å². The second-order valence-electron chi connectivity index (χ2n) is 7.46. The summed E-state index contributed by atoms with van der Waals surface area (Å²) >= 11 is 0. The lowest BCUT2D eigenvalue weighted by atomic mass is 10.1. The number of aromatic nitrogens is 4. The van der Waals surface area contributed by atoms with Crippen molar-refractivity contribution in [2.45, 2.75) is 31.7 Å². The van der Waals surface area contributed by atoms with Gasteiger partial charge in [0.1, 0.15) is 34.9 Å². The zero-order chi connectivity index (χ0) is 20.5. The molecule has 4 aromatic rings. The van der Waals surface area contributed by atoms with E-state index >= 15 is 0 Å². The number of rotatable bonds is 4. The van der Waals surface area contributed by atoms with Crippen molar-refractivity contribution in [2.75, 3.05) is 5.73 Å². The van der Waals surface area contributed by atoms with Crippen molar-refractivity contribution in [3.05, 3.63) is 71.3 Å². The zero-order valence-corrected chi connectivity index (χ0v) is 16.4. The van der Waals surface area contributed by atoms with Crippen LogP contribution in [-0.4, -0.2) is 19.7 Å². The highest BCUT2D eigenvalue weighted by Crippen LogP contribution is 2.32. The first-order valence-corrected chi connectivity index (χ1v) is 10.1. The highest BCUT2D eigenvalue weighted by atomic mass is 16.5. The van der Waals surface area contributed by atoms with E-state index in [9.17, 15) is 4.79 Å². The quantitative estimate of drug-likeness (QED) is 0.548. The van der Waals surface area contributed by atoms with Gasteiger partial charge in [-0.3, -0.25) is 4.79 Å². The summed E-state index contributed by atoms with van der Waals surface area (Å²) < 4.78 is 7.47. The number of nitrogens with zero attached hydrogens (tertiary/aromatic N) is 4. The van der Waals surface area contributed by atoms with E-state index in [1.54, 1.807) is 4.68 Å². The molecule has 1 fully saturated rings. The molecule has 1 aliphatic rings. The Labute approximate surface area is 173 Å². The molecule has 0 atom stereocenters. The number of para-hydroxylation sites is 1. The lowest BCUT2D eigenvalue weighted by Crippen LogP contribution is -2.28. The predicted octanol–water partition coefficient (Wildman–Crippen LogP) is 4.34. The Bertz CT molecular complexity index is 1250. The Morgan fingerprint density at radius 2 is 1.63 bits per heavy atom. The molecule has 150 valence electrons.